The van der Waals surface area contributed by atoms with Gasteiger partial charge in [-0.3, -0.25) is 14.7 Å². The summed E-state index contributed by atoms with van der Waals surface area (Å²) in [4.78, 5) is 25.6. The van der Waals surface area contributed by atoms with E-state index in [9.17, 15) is 4.79 Å². The van der Waals surface area contributed by atoms with Crippen molar-refractivity contribution < 1.29 is 9.53 Å². The molecule has 3 heterocycles. The minimum absolute atomic E-state index is 0.217. The largest absolute Gasteiger partial charge is 0.491 e. The third kappa shape index (κ3) is 7.15. The molecule has 4 atom stereocenters. The van der Waals surface area contributed by atoms with Crippen LogP contribution in [0, 0.1) is 29.6 Å². The number of nitrogens with one attached hydrogen (secondary N) is 1. The van der Waals surface area contributed by atoms with Crippen molar-refractivity contribution in [3.63, 3.8) is 0 Å². The van der Waals surface area contributed by atoms with Crippen LogP contribution in [0.5, 0.6) is 0 Å². The van der Waals surface area contributed by atoms with Gasteiger partial charge in [0.25, 0.3) is 0 Å². The summed E-state index contributed by atoms with van der Waals surface area (Å²) in [6.45, 7) is 12.5. The molecule has 0 aromatic heterocycles. The maximum Gasteiger partial charge on any atom is 0.236 e. The van der Waals surface area contributed by atoms with Gasteiger partial charge in [-0.15, -0.1) is 0 Å². The Hall–Kier alpha value is -2.41. The van der Waals surface area contributed by atoms with Gasteiger partial charge in [-0.25, -0.2) is 4.99 Å². The van der Waals surface area contributed by atoms with E-state index in [2.05, 4.69) is 60.0 Å². The molecule has 0 aromatic carbocycles. The van der Waals surface area contributed by atoms with Gasteiger partial charge < -0.3 is 15.0 Å². The summed E-state index contributed by atoms with van der Waals surface area (Å²) < 4.78 is 6.42. The van der Waals surface area contributed by atoms with Crippen molar-refractivity contribution in [2.75, 3.05) is 40.3 Å². The first-order chi connectivity index (χ1) is 19.7. The number of aliphatic imine (C=N–C) groups is 2. The zero-order chi connectivity index (χ0) is 29.1. The number of amides is 1. The van der Waals surface area contributed by atoms with Gasteiger partial charge in [-0.2, -0.15) is 0 Å². The summed E-state index contributed by atoms with van der Waals surface area (Å²) in [5, 5.41) is 4.06. The fourth-order valence-corrected chi connectivity index (χ4v) is 7.62. The Bertz CT molecular complexity index is 1110. The van der Waals surface area contributed by atoms with Gasteiger partial charge in [0.05, 0.1) is 24.9 Å². The van der Waals surface area contributed by atoms with Crippen molar-refractivity contribution in [2.24, 2.45) is 39.6 Å². The van der Waals surface area contributed by atoms with Crippen LogP contribution < -0.4 is 5.32 Å². The fourth-order valence-electron chi connectivity index (χ4n) is 7.62. The van der Waals surface area contributed by atoms with Crippen molar-refractivity contribution in [1.82, 2.24) is 15.1 Å². The maximum absolute atomic E-state index is 12.2. The van der Waals surface area contributed by atoms with Gasteiger partial charge in [0, 0.05) is 38.2 Å². The first-order valence-electron chi connectivity index (χ1n) is 16.3. The Balaban J connectivity index is 1.35. The van der Waals surface area contributed by atoms with E-state index in [0.29, 0.717) is 36.9 Å². The van der Waals surface area contributed by atoms with E-state index in [0.717, 1.165) is 55.7 Å². The predicted molar refractivity (Wildman–Crippen MR) is 168 cm³/mol. The van der Waals surface area contributed by atoms with Crippen LogP contribution in [0.15, 0.2) is 44.7 Å². The van der Waals surface area contributed by atoms with Gasteiger partial charge in [0.2, 0.25) is 5.91 Å². The van der Waals surface area contributed by atoms with E-state index in [1.54, 1.807) is 16.8 Å². The van der Waals surface area contributed by atoms with Crippen LogP contribution >= 0.6 is 0 Å². The maximum atomic E-state index is 12.2. The Labute approximate surface area is 248 Å². The molecule has 7 heteroatoms. The Morgan fingerprint density at radius 2 is 1.88 bits per heavy atom. The topological polar surface area (TPSA) is 69.5 Å². The standard InChI is InChI=1S/C34H53N5O2/c1-22(2)20-41-31-17-26(8-7-9-27-18-30(31)36-21-35-27)34-33(23(3)4)28-16-25(10-11-29(28)37-34)24-12-14-39(15-13-24)19-32(40)38(5)6/h8,17,21-25,27-29,37H,7,9-16,18-20H2,1-6H3/b26-8+,31-17+. The lowest BCUT2D eigenvalue weighted by Crippen LogP contribution is -2.44. The molecule has 0 aromatic rings. The second-order valence-electron chi connectivity index (χ2n) is 14.0. The van der Waals surface area contributed by atoms with Gasteiger partial charge in [0.1, 0.15) is 12.1 Å². The molecule has 0 radical (unpaired) electrons. The molecule has 2 bridgehead atoms. The van der Waals surface area contributed by atoms with Crippen molar-refractivity contribution >= 4 is 18.0 Å². The number of hydrogen-bond donors (Lipinski definition) is 1. The molecule has 7 nitrogen and oxygen atoms in total. The van der Waals surface area contributed by atoms with E-state index in [4.69, 9.17) is 4.74 Å². The molecule has 1 saturated carbocycles. The highest BCUT2D eigenvalue weighted by Crippen LogP contribution is 2.47. The molecule has 2 fully saturated rings. The number of hydrogen-bond acceptors (Lipinski definition) is 6. The lowest BCUT2D eigenvalue weighted by molar-refractivity contribution is -0.130. The highest BCUT2D eigenvalue weighted by molar-refractivity contribution is 6.04. The van der Waals surface area contributed by atoms with Crippen molar-refractivity contribution in [1.29, 1.82) is 0 Å². The van der Waals surface area contributed by atoms with E-state index in [1.165, 1.54) is 43.4 Å². The average molecular weight is 564 g/mol. The second-order valence-corrected chi connectivity index (χ2v) is 14.0. The quantitative estimate of drug-likeness (QED) is 0.417. The molecule has 1 amide bonds. The smallest absolute Gasteiger partial charge is 0.236 e. The molecule has 1 saturated heterocycles. The monoisotopic (exact) mass is 563 g/mol. The van der Waals surface area contributed by atoms with E-state index in [-0.39, 0.29) is 11.9 Å². The van der Waals surface area contributed by atoms with Crippen LogP contribution in [0.3, 0.4) is 0 Å². The third-order valence-electron chi connectivity index (χ3n) is 9.90. The molecule has 4 unspecified atom stereocenters. The van der Waals surface area contributed by atoms with Crippen LogP contribution in [0.2, 0.25) is 0 Å². The van der Waals surface area contributed by atoms with Crippen LogP contribution in [0.4, 0.5) is 0 Å². The van der Waals surface area contributed by atoms with E-state index in [1.807, 2.05) is 14.1 Å². The summed E-state index contributed by atoms with van der Waals surface area (Å²) in [5.41, 5.74) is 5.29. The lowest BCUT2D eigenvalue weighted by Gasteiger charge is -2.41. The second kappa shape index (κ2) is 13.3. The van der Waals surface area contributed by atoms with Crippen LogP contribution in [0.1, 0.15) is 79.1 Å². The molecule has 3 aliphatic heterocycles. The molecule has 5 rings (SSSR count). The summed E-state index contributed by atoms with van der Waals surface area (Å²) >= 11 is 0. The Morgan fingerprint density at radius 1 is 1.10 bits per heavy atom. The molecule has 226 valence electrons. The average Bonchev–Trinajstić information content (AvgIpc) is 3.35. The number of nitrogens with zero attached hydrogens (tertiary/aromatic N) is 4. The highest BCUT2D eigenvalue weighted by atomic mass is 16.5. The number of ether oxygens (including phenoxy) is 1. The summed E-state index contributed by atoms with van der Waals surface area (Å²) in [6.07, 6.45) is 15.7. The van der Waals surface area contributed by atoms with Gasteiger partial charge in [-0.05, 0) is 98.9 Å². The van der Waals surface area contributed by atoms with Crippen LogP contribution in [-0.2, 0) is 9.53 Å². The number of allylic oxidation sites excluding steroid dienone is 3. The van der Waals surface area contributed by atoms with E-state index < -0.39 is 0 Å². The van der Waals surface area contributed by atoms with Crippen LogP contribution in [-0.4, -0.2) is 80.2 Å². The number of likely N-dealkylation sites (N-methyl/N-ethyl adjacent to an activating group) is 1. The first kappa shape index (κ1) is 30.1. The summed E-state index contributed by atoms with van der Waals surface area (Å²) in [7, 11) is 3.71. The number of carbonyl (C=O) groups excluding carboxylic acids is 1. The number of likely N-dealkylation sites (tertiary alicyclic amines) is 1. The summed E-state index contributed by atoms with van der Waals surface area (Å²) in [5.74, 6) is 4.24. The number of carbonyl (C=O) groups is 1. The van der Waals surface area contributed by atoms with Crippen molar-refractivity contribution in [3.8, 4) is 0 Å². The zero-order valence-corrected chi connectivity index (χ0v) is 26.4. The number of piperidine rings is 1. The third-order valence-corrected chi connectivity index (χ3v) is 9.90. The lowest BCUT2D eigenvalue weighted by atomic mass is 9.68. The Kier molecular flexibility index (Phi) is 9.73. The molecule has 2 aliphatic carbocycles. The highest BCUT2D eigenvalue weighted by Gasteiger charge is 2.43. The SMILES string of the molecule is CC(C)CO/C1=C/C(C2=C(C(C)C)C3CC(C4CCN(CC(=O)N(C)C)CC4)CCC3N2)=C\CCC2CC1=NC=N2. The van der Waals surface area contributed by atoms with Gasteiger partial charge >= 0.3 is 0 Å². The Morgan fingerprint density at radius 3 is 2.59 bits per heavy atom. The first-order valence-corrected chi connectivity index (χ1v) is 16.3. The van der Waals surface area contributed by atoms with Crippen molar-refractivity contribution in [2.45, 2.75) is 91.1 Å². The minimum atomic E-state index is 0.217. The normalized spacial score (nSPS) is 31.8. The predicted octanol–water partition coefficient (Wildman–Crippen LogP) is 5.60. The van der Waals surface area contributed by atoms with Crippen molar-refractivity contribution in [3.05, 3.63) is 34.8 Å². The molecule has 0 spiro atoms. The van der Waals surface area contributed by atoms with E-state index >= 15 is 0 Å². The summed E-state index contributed by atoms with van der Waals surface area (Å²) in [6, 6.07) is 0.813. The molecule has 41 heavy (non-hydrogen) atoms. The molecular weight excluding hydrogens is 510 g/mol. The van der Waals surface area contributed by atoms with Gasteiger partial charge in [0.15, 0.2) is 0 Å². The fraction of sp³-hybridized carbons (Fsp3) is 0.735. The van der Waals surface area contributed by atoms with Crippen LogP contribution in [0.25, 0.3) is 0 Å². The molecular formula is C34H53N5O2. The van der Waals surface area contributed by atoms with Gasteiger partial charge in [-0.1, -0.05) is 33.8 Å². The molecule has 5 aliphatic rings. The minimum Gasteiger partial charge on any atom is -0.491 e. The number of fused-ring (bicyclic) bond motifs is 3. The number of rotatable bonds is 8. The zero-order valence-electron chi connectivity index (χ0n) is 26.4. The molecule has 1 N–H and O–H groups in total.